The van der Waals surface area contributed by atoms with Gasteiger partial charge in [-0.15, -0.1) is 6.58 Å². The minimum absolute atomic E-state index is 0.190. The van der Waals surface area contributed by atoms with Gasteiger partial charge < -0.3 is 14.8 Å². The monoisotopic (exact) mass is 339 g/mol. The van der Waals surface area contributed by atoms with Gasteiger partial charge in [0.05, 0.1) is 11.2 Å². The van der Waals surface area contributed by atoms with E-state index < -0.39 is 12.1 Å². The molecule has 6 nitrogen and oxygen atoms in total. The Labute approximate surface area is 146 Å². The lowest BCUT2D eigenvalue weighted by molar-refractivity contribution is -0.137. The number of carboxylic acid groups (broad SMARTS) is 1. The van der Waals surface area contributed by atoms with Gasteiger partial charge in [-0.2, -0.15) is 0 Å². The number of nitrogens with zero attached hydrogens (tertiary/aromatic N) is 3. The summed E-state index contributed by atoms with van der Waals surface area (Å²) in [7, 11) is 0. The number of aliphatic hydroxyl groups excluding tert-OH is 1. The number of allylic oxidation sites excluding steroid dienone is 1. The van der Waals surface area contributed by atoms with Crippen LogP contribution in [-0.4, -0.2) is 30.7 Å². The molecular weight excluding hydrogens is 318 g/mol. The number of imidazole rings is 1. The van der Waals surface area contributed by atoms with Crippen LogP contribution in [0.15, 0.2) is 61.4 Å². The summed E-state index contributed by atoms with van der Waals surface area (Å²) in [6.45, 7) is 4.94. The highest BCUT2D eigenvalue weighted by molar-refractivity contribution is 5.77. The molecule has 2 N–H and O–H groups in total. The molecule has 0 amide bonds. The smallest absolute Gasteiger partial charge is 0.323 e. The summed E-state index contributed by atoms with van der Waals surface area (Å²) in [6, 6.07) is 12.1. The van der Waals surface area contributed by atoms with Crippen molar-refractivity contribution in [3.05, 3.63) is 73.0 Å². The van der Waals surface area contributed by atoms with Crippen molar-refractivity contribution in [2.45, 2.75) is 26.0 Å². The third-order valence-electron chi connectivity index (χ3n) is 3.40. The van der Waals surface area contributed by atoms with Gasteiger partial charge >= 0.3 is 5.97 Å². The zero-order chi connectivity index (χ0) is 18.2. The molecule has 1 aromatic carbocycles. The highest BCUT2D eigenvalue weighted by Crippen LogP contribution is 2.13. The molecule has 6 heteroatoms. The quantitative estimate of drug-likeness (QED) is 0.698. The Morgan fingerprint density at radius 3 is 2.68 bits per heavy atom. The number of fused-ring (bicyclic) bond motifs is 1. The molecule has 0 aliphatic carbocycles. The van der Waals surface area contributed by atoms with Gasteiger partial charge in [-0.05, 0) is 19.1 Å². The predicted molar refractivity (Wildman–Crippen MR) is 96.1 cm³/mol. The summed E-state index contributed by atoms with van der Waals surface area (Å²) in [5.41, 5.74) is 1.77. The van der Waals surface area contributed by atoms with Crippen LogP contribution in [0.2, 0.25) is 0 Å². The number of aliphatic carboxylic acids is 1. The molecular formula is C19H21N3O3. The molecule has 0 saturated heterocycles. The summed E-state index contributed by atoms with van der Waals surface area (Å²) < 4.78 is 1.44. The van der Waals surface area contributed by atoms with E-state index in [0.717, 1.165) is 5.52 Å². The van der Waals surface area contributed by atoms with Crippen molar-refractivity contribution >= 4 is 16.9 Å². The lowest BCUT2D eigenvalue weighted by atomic mass is 10.2. The first kappa shape index (κ1) is 18.4. The van der Waals surface area contributed by atoms with E-state index in [1.165, 1.54) is 9.95 Å². The Morgan fingerprint density at radius 1 is 1.32 bits per heavy atom. The van der Waals surface area contributed by atoms with E-state index in [2.05, 4.69) is 28.7 Å². The largest absolute Gasteiger partial charge is 0.480 e. The number of aromatic nitrogens is 3. The Morgan fingerprint density at radius 2 is 2.04 bits per heavy atom. The Balaban J connectivity index is 0.000000194. The first-order valence-corrected chi connectivity index (χ1v) is 7.87. The van der Waals surface area contributed by atoms with Crippen LogP contribution in [0.4, 0.5) is 0 Å². The molecule has 0 spiro atoms. The number of rotatable bonds is 5. The van der Waals surface area contributed by atoms with Crippen molar-refractivity contribution in [3.8, 4) is 0 Å². The van der Waals surface area contributed by atoms with Crippen LogP contribution in [-0.2, 0) is 17.8 Å². The highest BCUT2D eigenvalue weighted by Gasteiger charge is 2.13. The molecule has 0 aliphatic heterocycles. The molecule has 1 atom stereocenters. The fraction of sp³-hybridized carbons (Fsp3) is 0.211. The minimum Gasteiger partial charge on any atom is -0.480 e. The number of benzene rings is 1. The lowest BCUT2D eigenvalue weighted by Crippen LogP contribution is -2.12. The van der Waals surface area contributed by atoms with Crippen molar-refractivity contribution < 1.29 is 15.0 Å². The maximum Gasteiger partial charge on any atom is 0.323 e. The Bertz CT molecular complexity index is 791. The molecule has 2 aromatic heterocycles. The van der Waals surface area contributed by atoms with Gasteiger partial charge in [-0.3, -0.25) is 9.78 Å². The standard InChI is InChI=1S/C10H14N2O3.C9H7N/c1-3-4-8-5-12(6-9(14)15)10(11-8)7(2)13;1-2-6-9-8(4-1)5-3-7-10-9/h3,5,7,13H,1,4,6H2,2H3,(H,14,15);1-7H. The first-order chi connectivity index (χ1) is 12.0. The first-order valence-electron chi connectivity index (χ1n) is 7.87. The summed E-state index contributed by atoms with van der Waals surface area (Å²) in [5, 5.41) is 19.3. The third kappa shape index (κ3) is 5.26. The SMILES string of the molecule is C=CCc1cn(CC(=O)O)c(C(C)O)n1.c1ccc2ncccc2c1. The van der Waals surface area contributed by atoms with Crippen molar-refractivity contribution in [1.82, 2.24) is 14.5 Å². The molecule has 130 valence electrons. The second-order valence-corrected chi connectivity index (χ2v) is 5.48. The fourth-order valence-corrected chi connectivity index (χ4v) is 2.35. The van der Waals surface area contributed by atoms with E-state index >= 15 is 0 Å². The molecule has 0 aliphatic rings. The van der Waals surface area contributed by atoms with Gasteiger partial charge in [0.15, 0.2) is 0 Å². The maximum absolute atomic E-state index is 10.6. The van der Waals surface area contributed by atoms with Gasteiger partial charge in [-0.25, -0.2) is 4.98 Å². The van der Waals surface area contributed by atoms with E-state index in [0.29, 0.717) is 17.9 Å². The van der Waals surface area contributed by atoms with Crippen molar-refractivity contribution in [2.75, 3.05) is 0 Å². The number of para-hydroxylation sites is 1. The lowest BCUT2D eigenvalue weighted by Gasteiger charge is -2.05. The maximum atomic E-state index is 10.6. The molecule has 0 saturated carbocycles. The van der Waals surface area contributed by atoms with Crippen LogP contribution in [0, 0.1) is 0 Å². The van der Waals surface area contributed by atoms with Crippen molar-refractivity contribution in [1.29, 1.82) is 0 Å². The molecule has 25 heavy (non-hydrogen) atoms. The number of hydrogen-bond acceptors (Lipinski definition) is 4. The van der Waals surface area contributed by atoms with Gasteiger partial charge in [0.25, 0.3) is 0 Å². The minimum atomic E-state index is -0.959. The average molecular weight is 339 g/mol. The number of aliphatic hydroxyl groups is 1. The molecule has 0 radical (unpaired) electrons. The van der Waals surface area contributed by atoms with E-state index in [9.17, 15) is 9.90 Å². The second kappa shape index (κ2) is 8.75. The van der Waals surface area contributed by atoms with Gasteiger partial charge in [0, 0.05) is 24.2 Å². The molecule has 2 heterocycles. The van der Waals surface area contributed by atoms with Crippen molar-refractivity contribution in [3.63, 3.8) is 0 Å². The number of carbonyl (C=O) groups is 1. The van der Waals surface area contributed by atoms with Crippen LogP contribution in [0.3, 0.4) is 0 Å². The van der Waals surface area contributed by atoms with Gasteiger partial charge in [0.1, 0.15) is 18.5 Å². The average Bonchev–Trinajstić information content (AvgIpc) is 2.98. The predicted octanol–water partition coefficient (Wildman–Crippen LogP) is 2.98. The Hall–Kier alpha value is -2.99. The number of hydrogen-bond donors (Lipinski definition) is 2. The molecule has 0 bridgehead atoms. The highest BCUT2D eigenvalue weighted by atomic mass is 16.4. The number of pyridine rings is 1. The normalized spacial score (nSPS) is 11.4. The summed E-state index contributed by atoms with van der Waals surface area (Å²) in [6.07, 6.45) is 4.90. The van der Waals surface area contributed by atoms with Crippen LogP contribution in [0.25, 0.3) is 10.9 Å². The van der Waals surface area contributed by atoms with Crippen molar-refractivity contribution in [2.24, 2.45) is 0 Å². The summed E-state index contributed by atoms with van der Waals surface area (Å²) in [4.78, 5) is 18.9. The molecule has 3 aromatic rings. The van der Waals surface area contributed by atoms with Crippen LogP contribution in [0.5, 0.6) is 0 Å². The molecule has 3 rings (SSSR count). The third-order valence-corrected chi connectivity index (χ3v) is 3.40. The van der Waals surface area contributed by atoms with Crippen LogP contribution < -0.4 is 0 Å². The van der Waals surface area contributed by atoms with Gasteiger partial charge in [0.2, 0.25) is 0 Å². The van der Waals surface area contributed by atoms with E-state index in [1.54, 1.807) is 19.2 Å². The van der Waals surface area contributed by atoms with E-state index in [1.807, 2.05) is 30.5 Å². The second-order valence-electron chi connectivity index (χ2n) is 5.48. The zero-order valence-corrected chi connectivity index (χ0v) is 14.0. The molecule has 1 unspecified atom stereocenters. The van der Waals surface area contributed by atoms with E-state index in [4.69, 9.17) is 5.11 Å². The van der Waals surface area contributed by atoms with Crippen LogP contribution in [0.1, 0.15) is 24.5 Å². The van der Waals surface area contributed by atoms with E-state index in [-0.39, 0.29) is 6.54 Å². The Kier molecular flexibility index (Phi) is 6.42. The number of carboxylic acids is 1. The molecule has 0 fully saturated rings. The van der Waals surface area contributed by atoms with Crippen LogP contribution >= 0.6 is 0 Å². The topological polar surface area (TPSA) is 88.2 Å². The summed E-state index contributed by atoms with van der Waals surface area (Å²) >= 11 is 0. The van der Waals surface area contributed by atoms with Gasteiger partial charge in [-0.1, -0.05) is 30.3 Å². The summed E-state index contributed by atoms with van der Waals surface area (Å²) in [5.74, 6) is -0.589. The zero-order valence-electron chi connectivity index (χ0n) is 14.0. The fourth-order valence-electron chi connectivity index (χ4n) is 2.35.